The van der Waals surface area contributed by atoms with E-state index < -0.39 is 0 Å². The summed E-state index contributed by atoms with van der Waals surface area (Å²) < 4.78 is 5.90. The third kappa shape index (κ3) is 1.76. The molecule has 4 saturated carbocycles. The Labute approximate surface area is 123 Å². The van der Waals surface area contributed by atoms with Crippen molar-refractivity contribution in [1.29, 1.82) is 0 Å². The molecule has 2 nitrogen and oxygen atoms in total. The first-order chi connectivity index (χ1) is 9.62. The first-order valence-electron chi connectivity index (χ1n) is 8.83. The molecular formula is C18H30O2. The van der Waals surface area contributed by atoms with Crippen molar-refractivity contribution in [2.45, 2.75) is 76.9 Å². The Balaban J connectivity index is 1.68. The van der Waals surface area contributed by atoms with E-state index in [1.807, 2.05) is 14.0 Å². The highest BCUT2D eigenvalue weighted by atomic mass is 16.5. The van der Waals surface area contributed by atoms with Crippen LogP contribution in [-0.2, 0) is 4.74 Å². The topological polar surface area (TPSA) is 29.5 Å². The van der Waals surface area contributed by atoms with E-state index in [1.54, 1.807) is 0 Å². The summed E-state index contributed by atoms with van der Waals surface area (Å²) in [6.45, 7) is 1.99. The van der Waals surface area contributed by atoms with Crippen LogP contribution < -0.4 is 0 Å². The normalized spacial score (nSPS) is 45.1. The molecule has 4 unspecified atom stereocenters. The molecule has 0 amide bonds. The number of aliphatic hydroxyl groups is 1. The Kier molecular flexibility index (Phi) is 3.03. The molecule has 5 atom stereocenters. The van der Waals surface area contributed by atoms with Crippen molar-refractivity contribution < 1.29 is 9.84 Å². The van der Waals surface area contributed by atoms with Crippen LogP contribution in [0.2, 0.25) is 0 Å². The highest BCUT2D eigenvalue weighted by Gasteiger charge is 2.72. The molecule has 0 aromatic rings. The quantitative estimate of drug-likeness (QED) is 0.851. The summed E-state index contributed by atoms with van der Waals surface area (Å²) >= 11 is 0. The second-order valence-corrected chi connectivity index (χ2v) is 8.37. The number of fused-ring (bicyclic) bond motifs is 2. The highest BCUT2D eigenvalue weighted by Crippen LogP contribution is 2.80. The lowest BCUT2D eigenvalue weighted by atomic mass is 9.52. The van der Waals surface area contributed by atoms with Crippen LogP contribution in [0.1, 0.15) is 64.7 Å². The van der Waals surface area contributed by atoms with Gasteiger partial charge in [0.25, 0.3) is 0 Å². The lowest BCUT2D eigenvalue weighted by molar-refractivity contribution is -0.110. The number of ether oxygens (including phenoxy) is 1. The zero-order chi connectivity index (χ0) is 14.0. The highest BCUT2D eigenvalue weighted by molar-refractivity contribution is 5.22. The largest absolute Gasteiger partial charge is 0.393 e. The van der Waals surface area contributed by atoms with Gasteiger partial charge >= 0.3 is 0 Å². The summed E-state index contributed by atoms with van der Waals surface area (Å²) in [5, 5.41) is 10.1. The molecule has 0 radical (unpaired) electrons. The standard InChI is InChI=1S/C18H30O2/c1-12(19)10-14-16-13(4-3-5-15(16)20-2)11-17(6-7-17)18(14)8-9-18/h12-16,19H,3-11H2,1-2H3/t12?,13?,14?,15?,16-/m1/s1. The van der Waals surface area contributed by atoms with Crippen LogP contribution in [0.15, 0.2) is 0 Å². The van der Waals surface area contributed by atoms with Gasteiger partial charge < -0.3 is 9.84 Å². The minimum atomic E-state index is -0.147. The molecule has 0 aromatic carbocycles. The SMILES string of the molecule is COC1CCCC2CC3(CC3)C3(CC3)C(CC(C)O)[C@@H]21. The van der Waals surface area contributed by atoms with E-state index in [1.165, 1.54) is 51.4 Å². The lowest BCUT2D eigenvalue weighted by Crippen LogP contribution is -2.50. The lowest BCUT2D eigenvalue weighted by Gasteiger charge is -2.54. The number of aliphatic hydroxyl groups excluding tert-OH is 1. The first-order valence-corrected chi connectivity index (χ1v) is 8.83. The van der Waals surface area contributed by atoms with E-state index in [0.717, 1.165) is 24.2 Å². The van der Waals surface area contributed by atoms with Gasteiger partial charge in [-0.2, -0.15) is 0 Å². The zero-order valence-corrected chi connectivity index (χ0v) is 13.1. The fourth-order valence-corrected chi connectivity index (χ4v) is 6.48. The van der Waals surface area contributed by atoms with Gasteiger partial charge in [0.1, 0.15) is 0 Å². The maximum atomic E-state index is 10.1. The van der Waals surface area contributed by atoms with Crippen LogP contribution in [0, 0.1) is 28.6 Å². The molecule has 0 heterocycles. The van der Waals surface area contributed by atoms with Crippen molar-refractivity contribution in [3.05, 3.63) is 0 Å². The van der Waals surface area contributed by atoms with Crippen molar-refractivity contribution in [1.82, 2.24) is 0 Å². The molecule has 4 aliphatic rings. The van der Waals surface area contributed by atoms with Gasteiger partial charge in [-0.1, -0.05) is 6.42 Å². The maximum Gasteiger partial charge on any atom is 0.0605 e. The van der Waals surface area contributed by atoms with Crippen LogP contribution in [-0.4, -0.2) is 24.4 Å². The summed E-state index contributed by atoms with van der Waals surface area (Å²) in [6, 6.07) is 0. The van der Waals surface area contributed by atoms with Crippen molar-refractivity contribution >= 4 is 0 Å². The molecule has 4 aliphatic carbocycles. The second-order valence-electron chi connectivity index (χ2n) is 8.37. The van der Waals surface area contributed by atoms with E-state index in [4.69, 9.17) is 4.74 Å². The molecule has 0 saturated heterocycles. The molecule has 4 fully saturated rings. The van der Waals surface area contributed by atoms with Crippen molar-refractivity contribution in [3.8, 4) is 0 Å². The summed E-state index contributed by atoms with van der Waals surface area (Å²) in [4.78, 5) is 0. The van der Waals surface area contributed by atoms with Gasteiger partial charge in [0.15, 0.2) is 0 Å². The van der Waals surface area contributed by atoms with Crippen LogP contribution in [0.5, 0.6) is 0 Å². The second kappa shape index (κ2) is 4.46. The monoisotopic (exact) mass is 278 g/mol. The van der Waals surface area contributed by atoms with Crippen LogP contribution in [0.25, 0.3) is 0 Å². The average Bonchev–Trinajstić information content (AvgIpc) is 3.29. The Morgan fingerprint density at radius 3 is 2.50 bits per heavy atom. The molecular weight excluding hydrogens is 248 g/mol. The molecule has 2 heteroatoms. The van der Waals surface area contributed by atoms with E-state index in [2.05, 4.69) is 0 Å². The number of methoxy groups -OCH3 is 1. The van der Waals surface area contributed by atoms with E-state index >= 15 is 0 Å². The Morgan fingerprint density at radius 1 is 1.20 bits per heavy atom. The number of hydrogen-bond donors (Lipinski definition) is 1. The van der Waals surface area contributed by atoms with Crippen molar-refractivity contribution in [3.63, 3.8) is 0 Å². The molecule has 2 spiro atoms. The molecule has 0 aromatic heterocycles. The smallest absolute Gasteiger partial charge is 0.0605 e. The fourth-order valence-electron chi connectivity index (χ4n) is 6.48. The third-order valence-corrected chi connectivity index (χ3v) is 7.46. The Bertz CT molecular complexity index is 381. The predicted octanol–water partition coefficient (Wildman–Crippen LogP) is 3.77. The summed E-state index contributed by atoms with van der Waals surface area (Å²) in [5.74, 6) is 2.34. The van der Waals surface area contributed by atoms with Gasteiger partial charge in [0, 0.05) is 7.11 Å². The summed E-state index contributed by atoms with van der Waals surface area (Å²) in [7, 11) is 1.91. The van der Waals surface area contributed by atoms with Gasteiger partial charge in [-0.15, -0.1) is 0 Å². The average molecular weight is 278 g/mol. The van der Waals surface area contributed by atoms with Crippen LogP contribution in [0.4, 0.5) is 0 Å². The summed E-state index contributed by atoms with van der Waals surface area (Å²) in [6.07, 6.45) is 12.6. The summed E-state index contributed by atoms with van der Waals surface area (Å²) in [5.41, 5.74) is 1.31. The number of hydrogen-bond acceptors (Lipinski definition) is 2. The molecule has 0 aliphatic heterocycles. The van der Waals surface area contributed by atoms with Gasteiger partial charge in [-0.25, -0.2) is 0 Å². The minimum Gasteiger partial charge on any atom is -0.393 e. The van der Waals surface area contributed by atoms with E-state index in [0.29, 0.717) is 16.9 Å². The van der Waals surface area contributed by atoms with Gasteiger partial charge in [-0.3, -0.25) is 0 Å². The van der Waals surface area contributed by atoms with Crippen LogP contribution in [0.3, 0.4) is 0 Å². The Morgan fingerprint density at radius 2 is 1.95 bits per heavy atom. The third-order valence-electron chi connectivity index (χ3n) is 7.46. The molecule has 1 N–H and O–H groups in total. The molecule has 4 rings (SSSR count). The van der Waals surface area contributed by atoms with Gasteiger partial charge in [-0.05, 0) is 86.9 Å². The van der Waals surface area contributed by atoms with Crippen LogP contribution >= 0.6 is 0 Å². The molecule has 114 valence electrons. The maximum absolute atomic E-state index is 10.1. The molecule has 0 bridgehead atoms. The first kappa shape index (κ1) is 13.6. The van der Waals surface area contributed by atoms with Crippen molar-refractivity contribution in [2.75, 3.05) is 7.11 Å². The molecule has 20 heavy (non-hydrogen) atoms. The zero-order valence-electron chi connectivity index (χ0n) is 13.1. The van der Waals surface area contributed by atoms with Gasteiger partial charge in [0.2, 0.25) is 0 Å². The Hall–Kier alpha value is -0.0800. The van der Waals surface area contributed by atoms with E-state index in [9.17, 15) is 5.11 Å². The van der Waals surface area contributed by atoms with Gasteiger partial charge in [0.05, 0.1) is 12.2 Å². The minimum absolute atomic E-state index is 0.147. The van der Waals surface area contributed by atoms with E-state index in [-0.39, 0.29) is 6.10 Å². The van der Waals surface area contributed by atoms with Crippen molar-refractivity contribution in [2.24, 2.45) is 28.6 Å². The predicted molar refractivity (Wildman–Crippen MR) is 79.4 cm³/mol. The fraction of sp³-hybridized carbons (Fsp3) is 1.00. The number of rotatable bonds is 3.